The summed E-state index contributed by atoms with van der Waals surface area (Å²) in [6.07, 6.45) is 6.28. The molecule has 0 fully saturated rings. The molecule has 0 N–H and O–H groups in total. The minimum atomic E-state index is 0.682. The second kappa shape index (κ2) is 6.04. The highest BCUT2D eigenvalue weighted by molar-refractivity contribution is 5.06. The quantitative estimate of drug-likeness (QED) is 0.635. The third-order valence-electron chi connectivity index (χ3n) is 2.38. The van der Waals surface area contributed by atoms with Crippen LogP contribution in [-0.4, -0.2) is 45.0 Å². The van der Waals surface area contributed by atoms with E-state index < -0.39 is 0 Å². The fraction of sp³-hybridized carbons (Fsp3) is 0.455. The molecule has 0 saturated heterocycles. The van der Waals surface area contributed by atoms with E-state index >= 15 is 0 Å². The number of hydrogen-bond acceptors (Lipinski definition) is 6. The van der Waals surface area contributed by atoms with Crippen LogP contribution in [0.5, 0.6) is 0 Å². The van der Waals surface area contributed by atoms with Gasteiger partial charge in [0.2, 0.25) is 0 Å². The number of rotatable bonds is 2. The zero-order chi connectivity index (χ0) is 14.5. The van der Waals surface area contributed by atoms with Crippen molar-refractivity contribution in [2.45, 2.75) is 13.3 Å². The molecule has 106 valence electrons. The van der Waals surface area contributed by atoms with Gasteiger partial charge in [0.15, 0.2) is 0 Å². The Morgan fingerprint density at radius 3 is 1.45 bits per heavy atom. The van der Waals surface area contributed by atoms with Crippen molar-refractivity contribution in [3.8, 4) is 0 Å². The van der Waals surface area contributed by atoms with Gasteiger partial charge in [0.1, 0.15) is 0 Å². The average Bonchev–Trinajstić information content (AvgIpc) is 3.06. The zero-order valence-corrected chi connectivity index (χ0v) is 12.0. The Bertz CT molecular complexity index is 608. The van der Waals surface area contributed by atoms with Crippen LogP contribution >= 0.6 is 0 Å². The van der Waals surface area contributed by atoms with Crippen LogP contribution in [0.3, 0.4) is 0 Å². The van der Waals surface area contributed by atoms with Gasteiger partial charge >= 0.3 is 0 Å². The first-order valence-electron chi connectivity index (χ1n) is 6.06. The predicted molar refractivity (Wildman–Crippen MR) is 70.6 cm³/mol. The third-order valence-corrected chi connectivity index (χ3v) is 2.38. The molecule has 0 spiro atoms. The standard InChI is InChI=1S/C7H10N6.C4H7N3/c1-12-4-6(8-10-12)3-7-5-13(2)11-9-7;1-4-3-7(2)6-5-4/h4-5H,3H2,1-2H3;3H,1-2H3. The summed E-state index contributed by atoms with van der Waals surface area (Å²) in [6.45, 7) is 1.91. The second-order valence-corrected chi connectivity index (χ2v) is 4.48. The fourth-order valence-corrected chi connectivity index (χ4v) is 1.60. The topological polar surface area (TPSA) is 92.1 Å². The van der Waals surface area contributed by atoms with Gasteiger partial charge in [-0.3, -0.25) is 14.0 Å². The molecule has 0 aliphatic rings. The van der Waals surface area contributed by atoms with E-state index in [2.05, 4.69) is 30.9 Å². The second-order valence-electron chi connectivity index (χ2n) is 4.48. The maximum absolute atomic E-state index is 3.96. The lowest BCUT2D eigenvalue weighted by Gasteiger charge is -1.86. The van der Waals surface area contributed by atoms with Crippen molar-refractivity contribution < 1.29 is 0 Å². The number of hydrogen-bond donors (Lipinski definition) is 0. The molecule has 0 aromatic carbocycles. The molecular weight excluding hydrogens is 258 g/mol. The molecule has 3 heterocycles. The summed E-state index contributed by atoms with van der Waals surface area (Å²) in [6, 6.07) is 0. The van der Waals surface area contributed by atoms with E-state index in [1.54, 1.807) is 14.0 Å². The summed E-state index contributed by atoms with van der Waals surface area (Å²) < 4.78 is 5.02. The molecule has 9 heteroatoms. The van der Waals surface area contributed by atoms with Crippen LogP contribution in [0.15, 0.2) is 18.6 Å². The summed E-state index contributed by atoms with van der Waals surface area (Å²) in [5.74, 6) is 0. The van der Waals surface area contributed by atoms with E-state index in [1.165, 1.54) is 0 Å². The monoisotopic (exact) mass is 275 g/mol. The lowest BCUT2D eigenvalue weighted by atomic mass is 10.3. The smallest absolute Gasteiger partial charge is 0.0887 e. The van der Waals surface area contributed by atoms with E-state index in [4.69, 9.17) is 0 Å². The Balaban J connectivity index is 0.000000178. The lowest BCUT2D eigenvalue weighted by Crippen LogP contribution is -1.88. The van der Waals surface area contributed by atoms with Crippen molar-refractivity contribution in [1.29, 1.82) is 0 Å². The normalized spacial score (nSPS) is 10.2. The molecular formula is C11H17N9. The zero-order valence-electron chi connectivity index (χ0n) is 12.0. The first kappa shape index (κ1) is 13.8. The fourth-order valence-electron chi connectivity index (χ4n) is 1.60. The minimum Gasteiger partial charge on any atom is -0.255 e. The van der Waals surface area contributed by atoms with Crippen LogP contribution in [-0.2, 0) is 27.6 Å². The van der Waals surface area contributed by atoms with Crippen LogP contribution in [0.1, 0.15) is 17.1 Å². The van der Waals surface area contributed by atoms with Gasteiger partial charge in [0, 0.05) is 46.2 Å². The molecule has 0 atom stereocenters. The number of aromatic nitrogens is 9. The molecule has 9 nitrogen and oxygen atoms in total. The molecule has 3 aromatic heterocycles. The Morgan fingerprint density at radius 2 is 1.20 bits per heavy atom. The first-order valence-corrected chi connectivity index (χ1v) is 6.06. The number of nitrogens with zero attached hydrogens (tertiary/aromatic N) is 9. The van der Waals surface area contributed by atoms with Gasteiger partial charge in [0.05, 0.1) is 17.1 Å². The van der Waals surface area contributed by atoms with Crippen molar-refractivity contribution in [1.82, 2.24) is 45.0 Å². The van der Waals surface area contributed by atoms with Crippen molar-refractivity contribution in [2.24, 2.45) is 21.1 Å². The first-order chi connectivity index (χ1) is 9.52. The van der Waals surface area contributed by atoms with E-state index in [9.17, 15) is 0 Å². The summed E-state index contributed by atoms with van der Waals surface area (Å²) in [5, 5.41) is 23.0. The lowest BCUT2D eigenvalue weighted by molar-refractivity contribution is 0.712. The SMILES string of the molecule is Cc1cn(C)nn1.Cn1cc(Cc2cn(C)nn2)nn1. The van der Waals surface area contributed by atoms with Crippen LogP contribution in [0, 0.1) is 6.92 Å². The molecule has 3 rings (SSSR count). The Hall–Kier alpha value is -2.58. The van der Waals surface area contributed by atoms with Crippen molar-refractivity contribution in [3.05, 3.63) is 35.7 Å². The Kier molecular flexibility index (Phi) is 4.18. The van der Waals surface area contributed by atoms with Crippen molar-refractivity contribution in [2.75, 3.05) is 0 Å². The highest BCUT2D eigenvalue weighted by atomic mass is 15.4. The molecule has 0 radical (unpaired) electrons. The van der Waals surface area contributed by atoms with E-state index in [-0.39, 0.29) is 0 Å². The Labute approximate surface area is 116 Å². The molecule has 0 bridgehead atoms. The van der Waals surface area contributed by atoms with Gasteiger partial charge in [0.25, 0.3) is 0 Å². The molecule has 0 saturated carbocycles. The summed E-state index contributed by atoms with van der Waals surface area (Å²) in [5.41, 5.74) is 2.77. The van der Waals surface area contributed by atoms with Crippen LogP contribution in [0.4, 0.5) is 0 Å². The maximum Gasteiger partial charge on any atom is 0.0887 e. The van der Waals surface area contributed by atoms with E-state index in [0.29, 0.717) is 6.42 Å². The van der Waals surface area contributed by atoms with E-state index in [1.807, 2.05) is 46.7 Å². The van der Waals surface area contributed by atoms with Crippen LogP contribution in [0.25, 0.3) is 0 Å². The third kappa shape index (κ3) is 3.97. The highest BCUT2D eigenvalue weighted by Gasteiger charge is 2.03. The van der Waals surface area contributed by atoms with Crippen molar-refractivity contribution in [3.63, 3.8) is 0 Å². The van der Waals surface area contributed by atoms with Crippen molar-refractivity contribution >= 4 is 0 Å². The summed E-state index contributed by atoms with van der Waals surface area (Å²) in [4.78, 5) is 0. The van der Waals surface area contributed by atoms with Gasteiger partial charge in [-0.05, 0) is 6.92 Å². The van der Waals surface area contributed by atoms with Crippen LogP contribution in [0.2, 0.25) is 0 Å². The Morgan fingerprint density at radius 1 is 0.750 bits per heavy atom. The van der Waals surface area contributed by atoms with E-state index in [0.717, 1.165) is 17.1 Å². The molecule has 3 aromatic rings. The van der Waals surface area contributed by atoms with Gasteiger partial charge in [-0.15, -0.1) is 15.3 Å². The van der Waals surface area contributed by atoms with Gasteiger partial charge in [-0.25, -0.2) is 0 Å². The molecule has 0 unspecified atom stereocenters. The van der Waals surface area contributed by atoms with Gasteiger partial charge < -0.3 is 0 Å². The molecule has 20 heavy (non-hydrogen) atoms. The summed E-state index contributed by atoms with van der Waals surface area (Å²) >= 11 is 0. The van der Waals surface area contributed by atoms with Gasteiger partial charge in [-0.1, -0.05) is 15.6 Å². The predicted octanol–water partition coefficient (Wildman–Crippen LogP) is -0.342. The highest BCUT2D eigenvalue weighted by Crippen LogP contribution is 2.01. The molecule has 0 aliphatic heterocycles. The largest absolute Gasteiger partial charge is 0.255 e. The minimum absolute atomic E-state index is 0.682. The number of aryl methyl sites for hydroxylation is 4. The average molecular weight is 275 g/mol. The molecule has 0 amide bonds. The van der Waals surface area contributed by atoms with Gasteiger partial charge in [-0.2, -0.15) is 0 Å². The summed E-state index contributed by atoms with van der Waals surface area (Å²) in [7, 11) is 5.53. The maximum atomic E-state index is 3.96. The van der Waals surface area contributed by atoms with Crippen LogP contribution < -0.4 is 0 Å². The molecule has 0 aliphatic carbocycles.